The molecule has 0 radical (unpaired) electrons. The van der Waals surface area contributed by atoms with E-state index < -0.39 is 0 Å². The van der Waals surface area contributed by atoms with Crippen LogP contribution in [-0.2, 0) is 11.2 Å². The van der Waals surface area contributed by atoms with Crippen LogP contribution in [0.5, 0.6) is 0 Å². The Morgan fingerprint density at radius 3 is 2.83 bits per heavy atom. The molecule has 1 rings (SSSR count). The van der Waals surface area contributed by atoms with Gasteiger partial charge in [0.1, 0.15) is 5.69 Å². The predicted octanol–water partition coefficient (Wildman–Crippen LogP) is 1.97. The number of esters is 1. The maximum absolute atomic E-state index is 11.0. The van der Waals surface area contributed by atoms with Crippen molar-refractivity contribution in [1.82, 2.24) is 4.98 Å². The number of carbonyl (C=O) groups is 1. The molecule has 0 aromatic carbocycles. The fourth-order valence-electron chi connectivity index (χ4n) is 0.949. The lowest BCUT2D eigenvalue weighted by molar-refractivity contribution is 0.0594. The van der Waals surface area contributed by atoms with Gasteiger partial charge in [-0.05, 0) is 35.1 Å². The third-order valence-corrected chi connectivity index (χ3v) is 2.57. The summed E-state index contributed by atoms with van der Waals surface area (Å²) in [6.45, 7) is 2.04. The van der Waals surface area contributed by atoms with Crippen LogP contribution in [0.15, 0.2) is 6.07 Å². The van der Waals surface area contributed by atoms with Crippen molar-refractivity contribution in [3.8, 4) is 0 Å². The van der Waals surface area contributed by atoms with Gasteiger partial charge < -0.3 is 9.72 Å². The fraction of sp³-hybridized carbons (Fsp3) is 0.375. The van der Waals surface area contributed by atoms with Crippen molar-refractivity contribution < 1.29 is 9.53 Å². The molecule has 0 aliphatic rings. The van der Waals surface area contributed by atoms with Crippen LogP contribution in [-0.4, -0.2) is 18.1 Å². The number of aryl methyl sites for hydroxylation is 1. The van der Waals surface area contributed by atoms with Crippen LogP contribution >= 0.6 is 22.6 Å². The van der Waals surface area contributed by atoms with E-state index in [1.807, 2.05) is 6.92 Å². The Balaban J connectivity index is 2.96. The molecule has 0 spiro atoms. The Bertz CT molecular complexity index is 293. The number of rotatable bonds is 2. The molecule has 1 aromatic heterocycles. The van der Waals surface area contributed by atoms with E-state index in [-0.39, 0.29) is 5.97 Å². The molecule has 0 saturated carbocycles. The first kappa shape index (κ1) is 9.57. The molecular weight excluding hydrogens is 269 g/mol. The zero-order valence-electron chi connectivity index (χ0n) is 6.98. The highest BCUT2D eigenvalue weighted by atomic mass is 127. The van der Waals surface area contributed by atoms with Gasteiger partial charge in [-0.15, -0.1) is 0 Å². The number of methoxy groups -OCH3 is 1. The number of hydrogen-bond acceptors (Lipinski definition) is 2. The molecule has 1 N–H and O–H groups in total. The highest BCUT2D eigenvalue weighted by Crippen LogP contribution is 2.14. The molecule has 66 valence electrons. The zero-order chi connectivity index (χ0) is 9.14. The molecule has 0 atom stereocenters. The summed E-state index contributed by atoms with van der Waals surface area (Å²) in [7, 11) is 1.38. The molecule has 0 aliphatic carbocycles. The lowest BCUT2D eigenvalue weighted by atomic mass is 10.3. The van der Waals surface area contributed by atoms with E-state index in [9.17, 15) is 4.79 Å². The first-order valence-electron chi connectivity index (χ1n) is 3.64. The van der Waals surface area contributed by atoms with Crippen LogP contribution in [0.1, 0.15) is 23.1 Å². The molecule has 0 bridgehead atoms. The monoisotopic (exact) mass is 279 g/mol. The van der Waals surface area contributed by atoms with E-state index in [1.54, 1.807) is 6.07 Å². The number of aromatic amines is 1. The van der Waals surface area contributed by atoms with Crippen molar-refractivity contribution in [2.75, 3.05) is 7.11 Å². The summed E-state index contributed by atoms with van der Waals surface area (Å²) in [4.78, 5) is 14.0. The normalized spacial score (nSPS) is 9.92. The molecule has 4 heteroatoms. The van der Waals surface area contributed by atoms with Crippen molar-refractivity contribution in [3.63, 3.8) is 0 Å². The Labute approximate surface area is 84.6 Å². The van der Waals surface area contributed by atoms with Crippen LogP contribution in [0.3, 0.4) is 0 Å². The minimum Gasteiger partial charge on any atom is -0.464 e. The number of carbonyl (C=O) groups excluding carboxylic acids is 1. The van der Waals surface area contributed by atoms with Crippen molar-refractivity contribution in [3.05, 3.63) is 21.0 Å². The average molecular weight is 279 g/mol. The minimum absolute atomic E-state index is 0.312. The summed E-state index contributed by atoms with van der Waals surface area (Å²) in [6, 6.07) is 1.80. The van der Waals surface area contributed by atoms with Crippen LogP contribution in [0, 0.1) is 3.57 Å². The van der Waals surface area contributed by atoms with Crippen LogP contribution in [0.2, 0.25) is 0 Å². The van der Waals surface area contributed by atoms with Crippen molar-refractivity contribution in [2.45, 2.75) is 13.3 Å². The first-order valence-corrected chi connectivity index (χ1v) is 4.72. The molecule has 1 heterocycles. The third kappa shape index (κ3) is 1.80. The quantitative estimate of drug-likeness (QED) is 0.664. The first-order chi connectivity index (χ1) is 5.69. The number of halogens is 1. The van der Waals surface area contributed by atoms with Crippen LogP contribution in [0.25, 0.3) is 0 Å². The number of nitrogens with one attached hydrogen (secondary N) is 1. The summed E-state index contributed by atoms with van der Waals surface area (Å²) in [5.74, 6) is -0.312. The van der Waals surface area contributed by atoms with Crippen molar-refractivity contribution in [1.29, 1.82) is 0 Å². The van der Waals surface area contributed by atoms with Gasteiger partial charge in [0.05, 0.1) is 7.11 Å². The van der Waals surface area contributed by atoms with E-state index in [1.165, 1.54) is 7.11 Å². The van der Waals surface area contributed by atoms with E-state index in [4.69, 9.17) is 0 Å². The van der Waals surface area contributed by atoms with Gasteiger partial charge in [0.15, 0.2) is 0 Å². The number of H-pyrrole nitrogens is 1. The van der Waals surface area contributed by atoms with E-state index in [0.29, 0.717) is 5.69 Å². The second kappa shape index (κ2) is 3.93. The van der Waals surface area contributed by atoms with E-state index >= 15 is 0 Å². The van der Waals surface area contributed by atoms with Gasteiger partial charge in [-0.1, -0.05) is 6.92 Å². The Morgan fingerprint density at radius 2 is 2.42 bits per heavy atom. The third-order valence-electron chi connectivity index (χ3n) is 1.60. The molecule has 0 aliphatic heterocycles. The van der Waals surface area contributed by atoms with Gasteiger partial charge in [0.25, 0.3) is 0 Å². The van der Waals surface area contributed by atoms with Gasteiger partial charge in [0.2, 0.25) is 0 Å². The maximum Gasteiger partial charge on any atom is 0.354 e. The van der Waals surface area contributed by atoms with Gasteiger partial charge in [-0.2, -0.15) is 0 Å². The van der Waals surface area contributed by atoms with Crippen molar-refractivity contribution in [2.24, 2.45) is 0 Å². The summed E-state index contributed by atoms with van der Waals surface area (Å²) < 4.78 is 5.65. The van der Waals surface area contributed by atoms with Crippen LogP contribution < -0.4 is 0 Å². The summed E-state index contributed by atoms with van der Waals surface area (Å²) in [5.41, 5.74) is 1.61. The Morgan fingerprint density at radius 1 is 1.75 bits per heavy atom. The highest BCUT2D eigenvalue weighted by Gasteiger charge is 2.10. The number of aromatic nitrogens is 1. The zero-order valence-corrected chi connectivity index (χ0v) is 9.14. The van der Waals surface area contributed by atoms with E-state index in [0.717, 1.165) is 15.7 Å². The average Bonchev–Trinajstić information content (AvgIpc) is 2.45. The van der Waals surface area contributed by atoms with Gasteiger partial charge in [-0.25, -0.2) is 4.79 Å². The smallest absolute Gasteiger partial charge is 0.354 e. The minimum atomic E-state index is -0.312. The second-order valence-corrected chi connectivity index (χ2v) is 3.52. The van der Waals surface area contributed by atoms with Gasteiger partial charge in [0, 0.05) is 9.26 Å². The molecule has 0 fully saturated rings. The number of hydrogen-bond donors (Lipinski definition) is 1. The molecule has 0 amide bonds. The molecule has 1 aromatic rings. The van der Waals surface area contributed by atoms with Gasteiger partial charge >= 0.3 is 5.97 Å². The lowest BCUT2D eigenvalue weighted by Crippen LogP contribution is -2.01. The molecule has 3 nitrogen and oxygen atoms in total. The Kier molecular flexibility index (Phi) is 3.13. The largest absolute Gasteiger partial charge is 0.464 e. The fourth-order valence-corrected chi connectivity index (χ4v) is 1.78. The SMILES string of the molecule is CCc1[nH]c(C(=O)OC)cc1I. The topological polar surface area (TPSA) is 42.1 Å². The summed E-state index contributed by atoms with van der Waals surface area (Å²) in [5, 5.41) is 0. The van der Waals surface area contributed by atoms with Crippen LogP contribution in [0.4, 0.5) is 0 Å². The molecule has 12 heavy (non-hydrogen) atoms. The Hall–Kier alpha value is -0.520. The highest BCUT2D eigenvalue weighted by molar-refractivity contribution is 14.1. The summed E-state index contributed by atoms with van der Waals surface area (Å²) >= 11 is 2.19. The van der Waals surface area contributed by atoms with E-state index in [2.05, 4.69) is 32.3 Å². The predicted molar refractivity (Wildman–Crippen MR) is 54.2 cm³/mol. The summed E-state index contributed by atoms with van der Waals surface area (Å²) in [6.07, 6.45) is 0.898. The number of ether oxygens (including phenoxy) is 1. The standard InChI is InChI=1S/C8H10INO2/c1-3-6-5(9)4-7(10-6)8(11)12-2/h4,10H,3H2,1-2H3. The second-order valence-electron chi connectivity index (χ2n) is 2.35. The van der Waals surface area contributed by atoms with Crippen molar-refractivity contribution >= 4 is 28.6 Å². The molecule has 0 saturated heterocycles. The lowest BCUT2D eigenvalue weighted by Gasteiger charge is -1.93. The molecular formula is C8H10INO2. The maximum atomic E-state index is 11.0. The van der Waals surface area contributed by atoms with Gasteiger partial charge in [-0.3, -0.25) is 0 Å². The molecule has 0 unspecified atom stereocenters.